The van der Waals surface area contributed by atoms with Gasteiger partial charge in [-0.3, -0.25) is 9.48 Å². The minimum atomic E-state index is -2.99. The number of hydrogen-bond donors (Lipinski definition) is 1. The van der Waals surface area contributed by atoms with Crippen LogP contribution in [0, 0.1) is 13.8 Å². The van der Waals surface area contributed by atoms with E-state index >= 15 is 0 Å². The van der Waals surface area contributed by atoms with E-state index in [1.165, 1.54) is 0 Å². The second-order valence-corrected chi connectivity index (χ2v) is 10.4. The third kappa shape index (κ3) is 2.73. The molecule has 2 aliphatic heterocycles. The van der Waals surface area contributed by atoms with Gasteiger partial charge < -0.3 is 10.2 Å². The van der Waals surface area contributed by atoms with Crippen LogP contribution in [0.25, 0.3) is 0 Å². The van der Waals surface area contributed by atoms with Crippen molar-refractivity contribution in [3.8, 4) is 0 Å². The number of para-hydroxylation sites is 1. The molecule has 3 heterocycles. The predicted octanol–water partition coefficient (Wildman–Crippen LogP) is 2.59. The molecule has 7 nitrogen and oxygen atoms in total. The maximum atomic E-state index is 13.2. The number of fused-ring (bicyclic) bond motifs is 1. The van der Waals surface area contributed by atoms with Crippen LogP contribution in [0.2, 0.25) is 0 Å². The summed E-state index contributed by atoms with van der Waals surface area (Å²) in [6.45, 7) is 3.93. The van der Waals surface area contributed by atoms with E-state index in [4.69, 9.17) is 5.10 Å². The molecule has 1 aromatic heterocycles. The standard InChI is InChI=1S/C20H24N4O3S/c1-12-18(13(2)24(22-12)15-9-10-28(26,27)11-15)19-21-17-6-4-3-5-16(17)20(25)23(19)14-7-8-14/h3-6,14-15,19,21H,7-11H2,1-2H3/t15-,19+/m0/s1. The Kier molecular flexibility index (Phi) is 3.84. The number of rotatable bonds is 3. The van der Waals surface area contributed by atoms with E-state index in [2.05, 4.69) is 5.32 Å². The lowest BCUT2D eigenvalue weighted by Crippen LogP contribution is -2.44. The van der Waals surface area contributed by atoms with Gasteiger partial charge in [-0.15, -0.1) is 0 Å². The van der Waals surface area contributed by atoms with Crippen molar-refractivity contribution in [3.05, 3.63) is 46.8 Å². The SMILES string of the molecule is Cc1nn([C@H]2CCS(=O)(=O)C2)c(C)c1[C@@H]1Nc2ccccc2C(=O)N1C1CC1. The minimum Gasteiger partial charge on any atom is -0.361 e. The monoisotopic (exact) mass is 400 g/mol. The highest BCUT2D eigenvalue weighted by molar-refractivity contribution is 7.91. The summed E-state index contributed by atoms with van der Waals surface area (Å²) in [5.74, 6) is 0.407. The number of amides is 1. The summed E-state index contributed by atoms with van der Waals surface area (Å²) in [7, 11) is -2.99. The van der Waals surface area contributed by atoms with E-state index in [0.29, 0.717) is 12.0 Å². The summed E-state index contributed by atoms with van der Waals surface area (Å²) in [5.41, 5.74) is 4.31. The number of carbonyl (C=O) groups excluding carboxylic acids is 1. The molecule has 0 bridgehead atoms. The number of carbonyl (C=O) groups is 1. The van der Waals surface area contributed by atoms with Crippen LogP contribution in [0.15, 0.2) is 24.3 Å². The summed E-state index contributed by atoms with van der Waals surface area (Å²) in [4.78, 5) is 15.2. The molecule has 2 fully saturated rings. The van der Waals surface area contributed by atoms with E-state index in [-0.39, 0.29) is 35.7 Å². The zero-order valence-corrected chi connectivity index (χ0v) is 16.9. The molecule has 2 atom stereocenters. The second kappa shape index (κ2) is 6.07. The molecule has 148 valence electrons. The molecule has 0 spiro atoms. The molecular formula is C20H24N4O3S. The van der Waals surface area contributed by atoms with Gasteiger partial charge in [0.2, 0.25) is 0 Å². The molecule has 1 N–H and O–H groups in total. The average molecular weight is 401 g/mol. The topological polar surface area (TPSA) is 84.3 Å². The lowest BCUT2D eigenvalue weighted by atomic mass is 10.0. The van der Waals surface area contributed by atoms with Crippen molar-refractivity contribution in [2.75, 3.05) is 16.8 Å². The smallest absolute Gasteiger partial charge is 0.258 e. The van der Waals surface area contributed by atoms with Gasteiger partial charge in [0.25, 0.3) is 5.91 Å². The maximum absolute atomic E-state index is 13.2. The van der Waals surface area contributed by atoms with Gasteiger partial charge in [-0.05, 0) is 45.2 Å². The Labute approximate surface area is 164 Å². The number of aryl methyl sites for hydroxylation is 1. The van der Waals surface area contributed by atoms with Gasteiger partial charge in [-0.25, -0.2) is 8.42 Å². The summed E-state index contributed by atoms with van der Waals surface area (Å²) in [6, 6.07) is 7.73. The van der Waals surface area contributed by atoms with E-state index in [0.717, 1.165) is 35.5 Å². The Bertz CT molecular complexity index is 1070. The number of hydrogen-bond acceptors (Lipinski definition) is 5. The van der Waals surface area contributed by atoms with Gasteiger partial charge in [0.05, 0.1) is 28.8 Å². The molecule has 1 aliphatic carbocycles. The Morgan fingerprint density at radius 1 is 1.11 bits per heavy atom. The van der Waals surface area contributed by atoms with E-state index in [9.17, 15) is 13.2 Å². The molecule has 0 radical (unpaired) electrons. The van der Waals surface area contributed by atoms with Crippen LogP contribution in [0.5, 0.6) is 0 Å². The van der Waals surface area contributed by atoms with Crippen molar-refractivity contribution in [2.45, 2.75) is 51.4 Å². The van der Waals surface area contributed by atoms with Crippen LogP contribution in [-0.4, -0.2) is 46.6 Å². The van der Waals surface area contributed by atoms with Crippen molar-refractivity contribution in [1.82, 2.24) is 14.7 Å². The fourth-order valence-corrected chi connectivity index (χ4v) is 6.30. The lowest BCUT2D eigenvalue weighted by molar-refractivity contribution is 0.0665. The van der Waals surface area contributed by atoms with Gasteiger partial charge in [-0.1, -0.05) is 12.1 Å². The van der Waals surface area contributed by atoms with Gasteiger partial charge in [0.1, 0.15) is 6.17 Å². The first-order valence-corrected chi connectivity index (χ1v) is 11.6. The second-order valence-electron chi connectivity index (χ2n) is 8.12. The Hall–Kier alpha value is -2.35. The number of sulfone groups is 1. The van der Waals surface area contributed by atoms with Crippen molar-refractivity contribution < 1.29 is 13.2 Å². The van der Waals surface area contributed by atoms with Crippen molar-refractivity contribution in [3.63, 3.8) is 0 Å². The van der Waals surface area contributed by atoms with Crippen molar-refractivity contribution >= 4 is 21.4 Å². The highest BCUT2D eigenvalue weighted by atomic mass is 32.2. The number of nitrogens with one attached hydrogen (secondary N) is 1. The van der Waals surface area contributed by atoms with Crippen LogP contribution in [0.4, 0.5) is 5.69 Å². The van der Waals surface area contributed by atoms with Crippen LogP contribution in [0.1, 0.15) is 58.8 Å². The van der Waals surface area contributed by atoms with Gasteiger partial charge in [0, 0.05) is 23.0 Å². The fraction of sp³-hybridized carbons (Fsp3) is 0.500. The minimum absolute atomic E-state index is 0.0526. The largest absolute Gasteiger partial charge is 0.361 e. The molecule has 1 aromatic carbocycles. The first-order chi connectivity index (χ1) is 13.4. The Morgan fingerprint density at radius 2 is 1.86 bits per heavy atom. The third-order valence-corrected chi connectivity index (χ3v) is 7.86. The molecule has 8 heteroatoms. The highest BCUT2D eigenvalue weighted by Gasteiger charge is 2.44. The van der Waals surface area contributed by atoms with Crippen LogP contribution < -0.4 is 5.32 Å². The zero-order chi connectivity index (χ0) is 19.6. The number of aromatic nitrogens is 2. The van der Waals surface area contributed by atoms with Gasteiger partial charge in [-0.2, -0.15) is 5.10 Å². The number of anilines is 1. The summed E-state index contributed by atoms with van der Waals surface area (Å²) in [6.07, 6.45) is 2.34. The first-order valence-electron chi connectivity index (χ1n) is 9.80. The maximum Gasteiger partial charge on any atom is 0.258 e. The normalized spacial score (nSPS) is 26.2. The van der Waals surface area contributed by atoms with Gasteiger partial charge in [0.15, 0.2) is 9.84 Å². The van der Waals surface area contributed by atoms with Crippen LogP contribution >= 0.6 is 0 Å². The molecule has 5 rings (SSSR count). The van der Waals surface area contributed by atoms with Crippen LogP contribution in [0.3, 0.4) is 0 Å². The summed E-state index contributed by atoms with van der Waals surface area (Å²) in [5, 5.41) is 8.25. The Morgan fingerprint density at radius 3 is 2.54 bits per heavy atom. The first kappa shape index (κ1) is 17.7. The summed E-state index contributed by atoms with van der Waals surface area (Å²) < 4.78 is 25.8. The van der Waals surface area contributed by atoms with E-state index < -0.39 is 9.84 Å². The molecular weight excluding hydrogens is 376 g/mol. The molecule has 3 aliphatic rings. The molecule has 1 saturated heterocycles. The molecule has 2 aromatic rings. The van der Waals surface area contributed by atoms with E-state index in [1.807, 2.05) is 47.7 Å². The zero-order valence-electron chi connectivity index (χ0n) is 16.1. The Balaban J connectivity index is 1.58. The lowest BCUT2D eigenvalue weighted by Gasteiger charge is -2.38. The van der Waals surface area contributed by atoms with Gasteiger partial charge >= 0.3 is 0 Å². The number of nitrogens with zero attached hydrogens (tertiary/aromatic N) is 3. The fourth-order valence-electron chi connectivity index (χ4n) is 4.60. The average Bonchev–Trinajstić information content (AvgIpc) is 3.35. The third-order valence-electron chi connectivity index (χ3n) is 6.11. The molecule has 0 unspecified atom stereocenters. The highest BCUT2D eigenvalue weighted by Crippen LogP contribution is 2.42. The predicted molar refractivity (Wildman–Crippen MR) is 106 cm³/mol. The number of benzene rings is 1. The molecule has 1 saturated carbocycles. The van der Waals surface area contributed by atoms with Crippen LogP contribution in [-0.2, 0) is 9.84 Å². The van der Waals surface area contributed by atoms with Crippen molar-refractivity contribution in [1.29, 1.82) is 0 Å². The molecule has 1 amide bonds. The quantitative estimate of drug-likeness (QED) is 0.856. The summed E-state index contributed by atoms with van der Waals surface area (Å²) >= 11 is 0. The van der Waals surface area contributed by atoms with E-state index in [1.54, 1.807) is 0 Å². The molecule has 28 heavy (non-hydrogen) atoms. The van der Waals surface area contributed by atoms with Crippen molar-refractivity contribution in [2.24, 2.45) is 0 Å².